The minimum atomic E-state index is 0.581. The number of nitrogens with zero attached hydrogens (tertiary/aromatic N) is 4. The number of rotatable bonds is 6. The highest BCUT2D eigenvalue weighted by Gasteiger charge is 2.16. The third-order valence-electron chi connectivity index (χ3n) is 3.88. The maximum Gasteiger partial charge on any atom is 0.209 e. The number of hydrogen-bond acceptors (Lipinski definition) is 7. The molecule has 0 N–H and O–H groups in total. The van der Waals surface area contributed by atoms with E-state index in [1.165, 1.54) is 4.88 Å². The number of fused-ring (bicyclic) bond motifs is 1. The van der Waals surface area contributed by atoms with Gasteiger partial charge in [-0.25, -0.2) is 4.68 Å². The fourth-order valence-electron chi connectivity index (χ4n) is 2.63. The van der Waals surface area contributed by atoms with Gasteiger partial charge in [-0.3, -0.25) is 0 Å². The molecule has 26 heavy (non-hydrogen) atoms. The predicted molar refractivity (Wildman–Crippen MR) is 102 cm³/mol. The molecule has 3 aromatic rings. The summed E-state index contributed by atoms with van der Waals surface area (Å²) in [5.41, 5.74) is 1.05. The molecular formula is C17H17ClN4O2S2. The van der Waals surface area contributed by atoms with Gasteiger partial charge in [-0.05, 0) is 39.6 Å². The second kappa shape index (κ2) is 8.28. The molecule has 0 radical (unpaired) electrons. The highest BCUT2D eigenvalue weighted by atomic mass is 35.5. The van der Waals surface area contributed by atoms with E-state index < -0.39 is 0 Å². The number of ether oxygens (including phenoxy) is 2. The van der Waals surface area contributed by atoms with Gasteiger partial charge in [0.15, 0.2) is 11.5 Å². The van der Waals surface area contributed by atoms with Gasteiger partial charge in [0.25, 0.3) is 0 Å². The highest BCUT2D eigenvalue weighted by molar-refractivity contribution is 7.98. The Hall–Kier alpha value is -1.77. The molecule has 0 fully saturated rings. The summed E-state index contributed by atoms with van der Waals surface area (Å²) in [6.07, 6.45) is 1.78. The molecule has 1 aliphatic rings. The van der Waals surface area contributed by atoms with Crippen molar-refractivity contribution in [2.75, 3.05) is 13.2 Å². The van der Waals surface area contributed by atoms with Crippen LogP contribution in [0.5, 0.6) is 11.5 Å². The quantitative estimate of drug-likeness (QED) is 0.572. The standard InChI is InChI=1S/C17H17ClN4O2S2/c18-14-9-12(10-15-16(14)24-7-2-6-23-15)11-26-17-19-20-21-22(17)5-4-13-3-1-8-25-13/h1,3,8-10H,2,4-7,11H2. The predicted octanol–water partition coefficient (Wildman–Crippen LogP) is 4.08. The summed E-state index contributed by atoms with van der Waals surface area (Å²) in [4.78, 5) is 1.33. The second-order valence-corrected chi connectivity index (χ2v) is 8.14. The van der Waals surface area contributed by atoms with Gasteiger partial charge in [-0.2, -0.15) is 0 Å². The Labute approximate surface area is 164 Å². The number of aromatic nitrogens is 4. The number of tetrazole rings is 1. The molecule has 0 bridgehead atoms. The molecule has 0 atom stereocenters. The maximum atomic E-state index is 6.36. The number of aryl methyl sites for hydroxylation is 2. The molecule has 3 heterocycles. The first-order valence-electron chi connectivity index (χ1n) is 8.29. The van der Waals surface area contributed by atoms with Crippen LogP contribution in [-0.4, -0.2) is 33.4 Å². The fourth-order valence-corrected chi connectivity index (χ4v) is 4.45. The van der Waals surface area contributed by atoms with Crippen LogP contribution >= 0.6 is 34.7 Å². The van der Waals surface area contributed by atoms with Crippen LogP contribution in [0.2, 0.25) is 5.02 Å². The number of hydrogen-bond donors (Lipinski definition) is 0. The monoisotopic (exact) mass is 408 g/mol. The summed E-state index contributed by atoms with van der Waals surface area (Å²) in [6.45, 7) is 2.03. The molecular weight excluding hydrogens is 392 g/mol. The molecule has 1 aliphatic heterocycles. The lowest BCUT2D eigenvalue weighted by atomic mass is 10.2. The average molecular weight is 409 g/mol. The van der Waals surface area contributed by atoms with E-state index in [1.54, 1.807) is 23.1 Å². The second-order valence-electron chi connectivity index (χ2n) is 5.76. The van der Waals surface area contributed by atoms with Crippen molar-refractivity contribution >= 4 is 34.7 Å². The van der Waals surface area contributed by atoms with Crippen molar-refractivity contribution in [3.05, 3.63) is 45.1 Å². The zero-order valence-electron chi connectivity index (χ0n) is 13.9. The third kappa shape index (κ3) is 4.13. The van der Waals surface area contributed by atoms with Crippen LogP contribution in [0.4, 0.5) is 0 Å². The Morgan fingerprint density at radius 3 is 3.08 bits per heavy atom. The molecule has 9 heteroatoms. The van der Waals surface area contributed by atoms with E-state index in [0.29, 0.717) is 35.5 Å². The van der Waals surface area contributed by atoms with Crippen molar-refractivity contribution in [1.82, 2.24) is 20.2 Å². The first-order valence-corrected chi connectivity index (χ1v) is 10.5. The van der Waals surface area contributed by atoms with Crippen LogP contribution in [0, 0.1) is 0 Å². The van der Waals surface area contributed by atoms with Crippen LogP contribution in [0.15, 0.2) is 34.8 Å². The fraction of sp³-hybridized carbons (Fsp3) is 0.353. The van der Waals surface area contributed by atoms with Gasteiger partial charge in [0.2, 0.25) is 5.16 Å². The molecule has 0 spiro atoms. The van der Waals surface area contributed by atoms with Crippen LogP contribution < -0.4 is 9.47 Å². The van der Waals surface area contributed by atoms with E-state index in [0.717, 1.165) is 30.1 Å². The smallest absolute Gasteiger partial charge is 0.209 e. The Kier molecular flexibility index (Phi) is 5.62. The van der Waals surface area contributed by atoms with E-state index in [2.05, 4.69) is 33.0 Å². The number of thiophene rings is 1. The molecule has 136 valence electrons. The number of halogens is 1. The third-order valence-corrected chi connectivity index (χ3v) is 6.12. The first kappa shape index (κ1) is 17.6. The molecule has 6 nitrogen and oxygen atoms in total. The Morgan fingerprint density at radius 2 is 2.19 bits per heavy atom. The SMILES string of the molecule is Clc1cc(CSc2nnnn2CCc2cccs2)cc2c1OCCCO2. The van der Waals surface area contributed by atoms with E-state index in [-0.39, 0.29) is 0 Å². The zero-order valence-corrected chi connectivity index (χ0v) is 16.3. The maximum absolute atomic E-state index is 6.36. The van der Waals surface area contributed by atoms with Gasteiger partial charge >= 0.3 is 0 Å². The Balaban J connectivity index is 1.42. The van der Waals surface area contributed by atoms with Gasteiger partial charge in [0.1, 0.15) is 0 Å². The van der Waals surface area contributed by atoms with E-state index in [9.17, 15) is 0 Å². The minimum Gasteiger partial charge on any atom is -0.489 e. The van der Waals surface area contributed by atoms with Gasteiger partial charge < -0.3 is 9.47 Å². The molecule has 0 amide bonds. The van der Waals surface area contributed by atoms with Crippen LogP contribution in [0.1, 0.15) is 16.9 Å². The normalized spacial score (nSPS) is 13.6. The van der Waals surface area contributed by atoms with Gasteiger partial charge in [0, 0.05) is 23.5 Å². The van der Waals surface area contributed by atoms with Gasteiger partial charge in [-0.15, -0.1) is 16.4 Å². The molecule has 2 aromatic heterocycles. The molecule has 0 saturated heterocycles. The van der Waals surface area contributed by atoms with E-state index in [1.807, 2.05) is 16.8 Å². The summed E-state index contributed by atoms with van der Waals surface area (Å²) in [6, 6.07) is 8.09. The zero-order chi connectivity index (χ0) is 17.8. The van der Waals surface area contributed by atoms with Crippen LogP contribution in [0.3, 0.4) is 0 Å². The Morgan fingerprint density at radius 1 is 1.27 bits per heavy atom. The lowest BCUT2D eigenvalue weighted by molar-refractivity contribution is 0.297. The highest BCUT2D eigenvalue weighted by Crippen LogP contribution is 2.39. The van der Waals surface area contributed by atoms with E-state index >= 15 is 0 Å². The van der Waals surface area contributed by atoms with Gasteiger partial charge in [0.05, 0.1) is 24.8 Å². The van der Waals surface area contributed by atoms with Crippen molar-refractivity contribution < 1.29 is 9.47 Å². The minimum absolute atomic E-state index is 0.581. The lowest BCUT2D eigenvalue weighted by Gasteiger charge is -2.11. The number of benzene rings is 1. The molecule has 0 unspecified atom stereocenters. The van der Waals surface area contributed by atoms with Crippen molar-refractivity contribution in [3.8, 4) is 11.5 Å². The van der Waals surface area contributed by atoms with Crippen LogP contribution in [-0.2, 0) is 18.7 Å². The Bertz CT molecular complexity index is 870. The van der Waals surface area contributed by atoms with Crippen molar-refractivity contribution in [2.45, 2.75) is 30.3 Å². The topological polar surface area (TPSA) is 62.1 Å². The summed E-state index contributed by atoms with van der Waals surface area (Å²) >= 11 is 9.69. The molecule has 0 saturated carbocycles. The van der Waals surface area contributed by atoms with Gasteiger partial charge in [-0.1, -0.05) is 29.4 Å². The number of thioether (sulfide) groups is 1. The van der Waals surface area contributed by atoms with E-state index in [4.69, 9.17) is 21.1 Å². The largest absolute Gasteiger partial charge is 0.489 e. The molecule has 0 aliphatic carbocycles. The van der Waals surface area contributed by atoms with Crippen LogP contribution in [0.25, 0.3) is 0 Å². The first-order chi connectivity index (χ1) is 12.8. The van der Waals surface area contributed by atoms with Crippen molar-refractivity contribution in [3.63, 3.8) is 0 Å². The summed E-state index contributed by atoms with van der Waals surface area (Å²) in [5.74, 6) is 2.05. The molecule has 1 aromatic carbocycles. The van der Waals surface area contributed by atoms with Crippen molar-refractivity contribution in [2.24, 2.45) is 0 Å². The lowest BCUT2D eigenvalue weighted by Crippen LogP contribution is -2.04. The molecule has 4 rings (SSSR count). The summed E-state index contributed by atoms with van der Waals surface area (Å²) < 4.78 is 13.3. The van der Waals surface area contributed by atoms with Crippen molar-refractivity contribution in [1.29, 1.82) is 0 Å². The summed E-state index contributed by atoms with van der Waals surface area (Å²) in [7, 11) is 0. The summed E-state index contributed by atoms with van der Waals surface area (Å²) in [5, 5.41) is 15.5. The average Bonchev–Trinajstić information content (AvgIpc) is 3.25.